The van der Waals surface area contributed by atoms with Gasteiger partial charge < -0.3 is 4.90 Å². The van der Waals surface area contributed by atoms with Gasteiger partial charge in [0.05, 0.1) is 24.9 Å². The maximum atomic E-state index is 13.4. The number of hydrogen-bond acceptors (Lipinski definition) is 4. The van der Waals surface area contributed by atoms with E-state index in [1.165, 1.54) is 17.0 Å². The van der Waals surface area contributed by atoms with Crippen molar-refractivity contribution in [3.8, 4) is 0 Å². The van der Waals surface area contributed by atoms with Gasteiger partial charge in [-0.1, -0.05) is 18.2 Å². The molecule has 1 amide bonds. The van der Waals surface area contributed by atoms with Crippen LogP contribution in [0.2, 0.25) is 0 Å². The highest BCUT2D eigenvalue weighted by Gasteiger charge is 2.42. The number of hydrogen-bond donors (Lipinski definition) is 2. The van der Waals surface area contributed by atoms with Crippen LogP contribution in [0, 0.1) is 5.92 Å². The summed E-state index contributed by atoms with van der Waals surface area (Å²) in [5, 5.41) is 0. The fourth-order valence-electron chi connectivity index (χ4n) is 4.97. The topological polar surface area (TPSA) is 47.6 Å². The molecule has 3 atom stereocenters. The molecule has 2 aromatic carbocycles. The Morgan fingerprint density at radius 1 is 1.10 bits per heavy atom. The molecule has 5 rings (SSSR count). The highest BCUT2D eigenvalue weighted by atomic mass is 19.4. The summed E-state index contributed by atoms with van der Waals surface area (Å²) in [6.45, 7) is 0.730. The fraction of sp³-hybridized carbons (Fsp3) is 0.409. The predicted molar refractivity (Wildman–Crippen MR) is 107 cm³/mol. The van der Waals surface area contributed by atoms with Gasteiger partial charge in [-0.15, -0.1) is 0 Å². The van der Waals surface area contributed by atoms with E-state index in [-0.39, 0.29) is 29.7 Å². The Labute approximate surface area is 172 Å². The molecule has 30 heavy (non-hydrogen) atoms. The third kappa shape index (κ3) is 3.10. The number of halogens is 3. The third-order valence-corrected chi connectivity index (χ3v) is 6.67. The second kappa shape index (κ2) is 7.08. The van der Waals surface area contributed by atoms with E-state index in [0.29, 0.717) is 17.5 Å². The number of anilines is 1. The summed E-state index contributed by atoms with van der Waals surface area (Å²) in [7, 11) is 2.07. The molecule has 2 aromatic rings. The number of fused-ring (bicyclic) bond motifs is 1. The first-order chi connectivity index (χ1) is 14.3. The molecule has 5 nitrogen and oxygen atoms in total. The molecule has 158 valence electrons. The summed E-state index contributed by atoms with van der Waals surface area (Å²) in [6.07, 6.45) is -2.05. The van der Waals surface area contributed by atoms with Crippen molar-refractivity contribution in [3.05, 3.63) is 64.7 Å². The zero-order valence-electron chi connectivity index (χ0n) is 16.5. The summed E-state index contributed by atoms with van der Waals surface area (Å²) in [6, 6.07) is 11.5. The fourth-order valence-corrected chi connectivity index (χ4v) is 4.97. The van der Waals surface area contributed by atoms with E-state index in [2.05, 4.69) is 28.9 Å². The lowest BCUT2D eigenvalue weighted by Crippen LogP contribution is -2.47. The van der Waals surface area contributed by atoms with Gasteiger partial charge in [0, 0.05) is 11.3 Å². The monoisotopic (exact) mass is 416 g/mol. The number of hydrazine groups is 1. The predicted octanol–water partition coefficient (Wildman–Crippen LogP) is 3.68. The number of amides is 1. The first-order valence-electron chi connectivity index (χ1n) is 10.1. The Balaban J connectivity index is 1.42. The normalized spacial score (nSPS) is 26.7. The molecule has 2 fully saturated rings. The van der Waals surface area contributed by atoms with Gasteiger partial charge in [0.25, 0.3) is 5.91 Å². The van der Waals surface area contributed by atoms with Crippen LogP contribution >= 0.6 is 0 Å². The van der Waals surface area contributed by atoms with Crippen LogP contribution in [0.5, 0.6) is 0 Å². The number of carbonyl (C=O) groups excluding carboxylic acids is 1. The average Bonchev–Trinajstić information content (AvgIpc) is 3.24. The quantitative estimate of drug-likeness (QED) is 0.802. The molecule has 2 aliphatic heterocycles. The van der Waals surface area contributed by atoms with Crippen molar-refractivity contribution in [3.63, 3.8) is 0 Å². The highest BCUT2D eigenvalue weighted by Crippen LogP contribution is 2.46. The maximum Gasteiger partial charge on any atom is 0.416 e. The Hall–Kier alpha value is -2.42. The smallest absolute Gasteiger partial charge is 0.304 e. The molecular weight excluding hydrogens is 393 g/mol. The summed E-state index contributed by atoms with van der Waals surface area (Å²) in [5.41, 5.74) is 7.74. The molecule has 1 saturated carbocycles. The molecule has 1 saturated heterocycles. The third-order valence-electron chi connectivity index (χ3n) is 6.67. The minimum Gasteiger partial charge on any atom is -0.304 e. The van der Waals surface area contributed by atoms with Crippen molar-refractivity contribution in [2.24, 2.45) is 5.92 Å². The van der Waals surface area contributed by atoms with Gasteiger partial charge in [-0.2, -0.15) is 13.2 Å². The van der Waals surface area contributed by atoms with E-state index in [0.717, 1.165) is 31.1 Å². The molecule has 2 heterocycles. The van der Waals surface area contributed by atoms with Crippen LogP contribution < -0.4 is 15.8 Å². The van der Waals surface area contributed by atoms with Gasteiger partial charge in [-0.05, 0) is 67.1 Å². The van der Waals surface area contributed by atoms with Gasteiger partial charge in [0.2, 0.25) is 0 Å². The summed E-state index contributed by atoms with van der Waals surface area (Å²) in [5.74, 6) is 0.430. The van der Waals surface area contributed by atoms with Crippen molar-refractivity contribution in [2.75, 3.05) is 18.6 Å². The molecule has 3 aliphatic rings. The van der Waals surface area contributed by atoms with Crippen LogP contribution in [0.1, 0.15) is 45.8 Å². The van der Waals surface area contributed by atoms with Crippen molar-refractivity contribution in [2.45, 2.75) is 37.6 Å². The van der Waals surface area contributed by atoms with Crippen LogP contribution in [-0.4, -0.2) is 30.7 Å². The number of rotatable bonds is 3. The van der Waals surface area contributed by atoms with Crippen molar-refractivity contribution >= 4 is 11.6 Å². The van der Waals surface area contributed by atoms with E-state index < -0.39 is 11.7 Å². The molecular formula is C22H23F3N4O. The maximum absolute atomic E-state index is 13.4. The highest BCUT2D eigenvalue weighted by molar-refractivity contribution is 6.10. The van der Waals surface area contributed by atoms with Gasteiger partial charge >= 0.3 is 6.18 Å². The average molecular weight is 416 g/mol. The Bertz CT molecular complexity index is 993. The van der Waals surface area contributed by atoms with Gasteiger partial charge in [0.1, 0.15) is 0 Å². The van der Waals surface area contributed by atoms with Crippen molar-refractivity contribution < 1.29 is 18.0 Å². The first-order valence-corrected chi connectivity index (χ1v) is 10.1. The number of nitrogens with one attached hydrogen (secondary N) is 2. The van der Waals surface area contributed by atoms with E-state index in [9.17, 15) is 18.0 Å². The van der Waals surface area contributed by atoms with Crippen LogP contribution in [0.15, 0.2) is 42.5 Å². The molecule has 8 heteroatoms. The number of alkyl halides is 3. The molecule has 0 aromatic heterocycles. The number of nitrogens with zero attached hydrogens (tertiary/aromatic N) is 2. The largest absolute Gasteiger partial charge is 0.416 e. The standard InChI is InChI=1S/C22H23F3N4O/c1-28-12-26-27-20(28)16-9-8-15(16)13-4-2-5-14(10-13)29-11-18-17(21(29)30)6-3-7-19(18)22(23,24)25/h2-7,10,15-16,20,26-27H,8-9,11-12H2,1H3/t15-,16-,20?/m1/s1. The first kappa shape index (κ1) is 19.5. The van der Waals surface area contributed by atoms with Crippen LogP contribution in [-0.2, 0) is 12.7 Å². The summed E-state index contributed by atoms with van der Waals surface area (Å²) < 4.78 is 40.2. The lowest BCUT2D eigenvalue weighted by molar-refractivity contribution is -0.138. The van der Waals surface area contributed by atoms with Gasteiger partial charge in [-0.3, -0.25) is 9.69 Å². The zero-order chi connectivity index (χ0) is 21.0. The van der Waals surface area contributed by atoms with Crippen molar-refractivity contribution in [1.82, 2.24) is 15.8 Å². The second-order valence-electron chi connectivity index (χ2n) is 8.34. The second-order valence-corrected chi connectivity index (χ2v) is 8.34. The number of carbonyl (C=O) groups is 1. The summed E-state index contributed by atoms with van der Waals surface area (Å²) in [4.78, 5) is 16.6. The minimum atomic E-state index is -4.48. The molecule has 0 spiro atoms. The van der Waals surface area contributed by atoms with Crippen LogP contribution in [0.4, 0.5) is 18.9 Å². The van der Waals surface area contributed by atoms with Gasteiger partial charge in [0.15, 0.2) is 0 Å². The molecule has 2 N–H and O–H groups in total. The Kier molecular flexibility index (Phi) is 4.61. The van der Waals surface area contributed by atoms with E-state index in [4.69, 9.17) is 0 Å². The molecule has 0 bridgehead atoms. The lowest BCUT2D eigenvalue weighted by Gasteiger charge is -2.42. The molecule has 0 radical (unpaired) electrons. The minimum absolute atomic E-state index is 0.0573. The van der Waals surface area contributed by atoms with Crippen LogP contribution in [0.3, 0.4) is 0 Å². The van der Waals surface area contributed by atoms with Crippen LogP contribution in [0.25, 0.3) is 0 Å². The summed E-state index contributed by atoms with van der Waals surface area (Å²) >= 11 is 0. The van der Waals surface area contributed by atoms with Gasteiger partial charge in [-0.25, -0.2) is 10.9 Å². The number of benzene rings is 2. The Morgan fingerprint density at radius 2 is 1.90 bits per heavy atom. The van der Waals surface area contributed by atoms with Crippen molar-refractivity contribution in [1.29, 1.82) is 0 Å². The molecule has 1 unspecified atom stereocenters. The molecule has 1 aliphatic carbocycles. The SMILES string of the molecule is CN1CNNC1[C@@H]1CC[C@@H]1c1cccc(N2Cc3c(cccc3C(F)(F)F)C2=O)c1. The zero-order valence-corrected chi connectivity index (χ0v) is 16.5. The Morgan fingerprint density at radius 3 is 2.57 bits per heavy atom. The van der Waals surface area contributed by atoms with E-state index >= 15 is 0 Å². The lowest BCUT2D eigenvalue weighted by atomic mass is 9.68. The van der Waals surface area contributed by atoms with E-state index in [1.807, 2.05) is 12.1 Å². The van der Waals surface area contributed by atoms with E-state index in [1.54, 1.807) is 6.07 Å².